The number of aromatic nitrogens is 3. The van der Waals surface area contributed by atoms with Crippen molar-refractivity contribution in [2.24, 2.45) is 11.7 Å². The second-order valence-electron chi connectivity index (χ2n) is 8.48. The molecule has 2 atom stereocenters. The molecule has 3 aromatic rings. The highest BCUT2D eigenvalue weighted by Gasteiger charge is 2.40. The van der Waals surface area contributed by atoms with Gasteiger partial charge in [0.05, 0.1) is 24.4 Å². The minimum atomic E-state index is -0.210. The Kier molecular flexibility index (Phi) is 5.04. The number of hydrogen-bond acceptors (Lipinski definition) is 6. The summed E-state index contributed by atoms with van der Waals surface area (Å²) in [4.78, 5) is 29.0. The van der Waals surface area contributed by atoms with Crippen molar-refractivity contribution in [2.45, 2.75) is 31.3 Å². The molecule has 0 radical (unpaired) electrons. The van der Waals surface area contributed by atoms with Crippen molar-refractivity contribution in [1.82, 2.24) is 19.9 Å². The number of likely N-dealkylation sites (tertiary alicyclic amines) is 1. The van der Waals surface area contributed by atoms with Crippen LogP contribution in [-0.2, 0) is 9.53 Å². The van der Waals surface area contributed by atoms with Gasteiger partial charge in [-0.15, -0.1) is 0 Å². The number of methoxy groups -OCH3 is 1. The Morgan fingerprint density at radius 3 is 2.90 bits per heavy atom. The average molecular weight is 409 g/mol. The number of fused-ring (bicyclic) bond motifs is 3. The molecule has 3 aromatic heterocycles. The quantitative estimate of drug-likeness (QED) is 0.669. The molecule has 2 unspecified atom stereocenters. The van der Waals surface area contributed by atoms with Crippen LogP contribution in [-0.4, -0.2) is 71.2 Å². The number of anilines is 1. The van der Waals surface area contributed by atoms with E-state index in [1.807, 2.05) is 18.6 Å². The number of aromatic amines is 1. The zero-order chi connectivity index (χ0) is 20.7. The van der Waals surface area contributed by atoms with Crippen molar-refractivity contribution in [1.29, 1.82) is 0 Å². The van der Waals surface area contributed by atoms with E-state index in [4.69, 9.17) is 10.5 Å². The first-order valence-electron chi connectivity index (χ1n) is 10.7. The number of hydrogen-bond donors (Lipinski definition) is 2. The topological polar surface area (TPSA) is 100 Å². The van der Waals surface area contributed by atoms with E-state index in [2.05, 4.69) is 36.9 Å². The molecule has 5 heterocycles. The smallest absolute Gasteiger partial charge is 0.234 e. The lowest BCUT2D eigenvalue weighted by atomic mass is 10.0. The maximum Gasteiger partial charge on any atom is 0.234 e. The van der Waals surface area contributed by atoms with Gasteiger partial charge in [-0.1, -0.05) is 0 Å². The van der Waals surface area contributed by atoms with Crippen LogP contribution in [0.3, 0.4) is 0 Å². The highest BCUT2D eigenvalue weighted by Crippen LogP contribution is 2.35. The number of nitrogens with zero attached hydrogens (tertiary/aromatic N) is 4. The molecule has 0 aromatic carbocycles. The van der Waals surface area contributed by atoms with E-state index in [-0.39, 0.29) is 11.9 Å². The molecule has 0 bridgehead atoms. The van der Waals surface area contributed by atoms with Gasteiger partial charge in [-0.2, -0.15) is 0 Å². The van der Waals surface area contributed by atoms with Crippen molar-refractivity contribution in [3.05, 3.63) is 30.7 Å². The molecule has 0 saturated carbocycles. The van der Waals surface area contributed by atoms with Gasteiger partial charge in [-0.25, -0.2) is 4.98 Å². The Labute approximate surface area is 175 Å². The SMILES string of the molecule is COCC1CC(C(N)=O)N(C2CCN(c3ccnc4cnc5[nH]ccc5c34)CC2)C1. The van der Waals surface area contributed by atoms with Crippen molar-refractivity contribution in [3.8, 4) is 0 Å². The van der Waals surface area contributed by atoms with Crippen LogP contribution in [0.25, 0.3) is 21.9 Å². The van der Waals surface area contributed by atoms with Crippen LogP contribution in [0.1, 0.15) is 19.3 Å². The van der Waals surface area contributed by atoms with Crippen molar-refractivity contribution >= 4 is 33.5 Å². The first kappa shape index (κ1) is 19.3. The molecule has 5 rings (SSSR count). The first-order valence-corrected chi connectivity index (χ1v) is 10.7. The number of carbonyl (C=O) groups excluding carboxylic acids is 1. The molecule has 1 amide bonds. The molecule has 8 heteroatoms. The van der Waals surface area contributed by atoms with E-state index in [0.717, 1.165) is 60.8 Å². The van der Waals surface area contributed by atoms with E-state index in [0.29, 0.717) is 18.6 Å². The second kappa shape index (κ2) is 7.85. The summed E-state index contributed by atoms with van der Waals surface area (Å²) in [6.07, 6.45) is 8.44. The third-order valence-corrected chi connectivity index (χ3v) is 6.70. The summed E-state index contributed by atoms with van der Waals surface area (Å²) in [5.74, 6) is 0.169. The zero-order valence-corrected chi connectivity index (χ0v) is 17.3. The average Bonchev–Trinajstić information content (AvgIpc) is 3.41. The molecule has 2 fully saturated rings. The summed E-state index contributed by atoms with van der Waals surface area (Å²) < 4.78 is 5.33. The maximum absolute atomic E-state index is 12.0. The number of nitrogens with two attached hydrogens (primary N) is 1. The number of piperidine rings is 1. The zero-order valence-electron chi connectivity index (χ0n) is 17.3. The van der Waals surface area contributed by atoms with Crippen LogP contribution < -0.4 is 10.6 Å². The van der Waals surface area contributed by atoms with Crippen LogP contribution in [0.2, 0.25) is 0 Å². The van der Waals surface area contributed by atoms with Crippen LogP contribution in [0, 0.1) is 5.92 Å². The Morgan fingerprint density at radius 1 is 1.30 bits per heavy atom. The summed E-state index contributed by atoms with van der Waals surface area (Å²) in [6, 6.07) is 4.38. The van der Waals surface area contributed by atoms with Gasteiger partial charge in [0, 0.05) is 61.6 Å². The van der Waals surface area contributed by atoms with Crippen LogP contribution in [0.15, 0.2) is 30.7 Å². The Bertz CT molecular complexity index is 1060. The molecule has 2 saturated heterocycles. The third-order valence-electron chi connectivity index (χ3n) is 6.70. The van der Waals surface area contributed by atoms with Gasteiger partial charge in [0.2, 0.25) is 5.91 Å². The van der Waals surface area contributed by atoms with Crippen molar-refractivity contribution < 1.29 is 9.53 Å². The monoisotopic (exact) mass is 408 g/mol. The third kappa shape index (κ3) is 3.30. The van der Waals surface area contributed by atoms with Crippen LogP contribution in [0.5, 0.6) is 0 Å². The molecule has 158 valence electrons. The van der Waals surface area contributed by atoms with E-state index in [1.165, 1.54) is 5.69 Å². The number of carbonyl (C=O) groups is 1. The highest BCUT2D eigenvalue weighted by atomic mass is 16.5. The normalized spacial score (nSPS) is 23.6. The van der Waals surface area contributed by atoms with Gasteiger partial charge in [0.1, 0.15) is 5.65 Å². The van der Waals surface area contributed by atoms with Gasteiger partial charge < -0.3 is 20.4 Å². The standard InChI is InChI=1S/C22H28N6O2/c1-30-13-14-10-19(21(23)29)28(12-14)15-4-8-27(9-5-15)18-3-7-24-17-11-26-22-16(20(17)18)2-6-25-22/h2-3,6-7,11,14-15,19H,4-5,8-10,12-13H2,1H3,(H2,23,29)(H,25,26). The number of pyridine rings is 2. The fraction of sp³-hybridized carbons (Fsp3) is 0.500. The summed E-state index contributed by atoms with van der Waals surface area (Å²) in [6.45, 7) is 3.45. The fourth-order valence-corrected chi connectivity index (χ4v) is 5.33. The predicted molar refractivity (Wildman–Crippen MR) is 116 cm³/mol. The number of ether oxygens (including phenoxy) is 1. The van der Waals surface area contributed by atoms with Gasteiger partial charge >= 0.3 is 0 Å². The van der Waals surface area contributed by atoms with Crippen molar-refractivity contribution in [3.63, 3.8) is 0 Å². The molecule has 3 N–H and O–H groups in total. The maximum atomic E-state index is 12.0. The number of amides is 1. The molecular formula is C22H28N6O2. The Hall–Kier alpha value is -2.71. The van der Waals surface area contributed by atoms with Crippen molar-refractivity contribution in [2.75, 3.05) is 38.3 Å². The van der Waals surface area contributed by atoms with Crippen LogP contribution in [0.4, 0.5) is 5.69 Å². The summed E-state index contributed by atoms with van der Waals surface area (Å²) in [5.41, 5.74) is 8.73. The molecule has 30 heavy (non-hydrogen) atoms. The number of H-pyrrole nitrogens is 1. The molecule has 0 aliphatic carbocycles. The first-order chi connectivity index (χ1) is 14.7. The number of rotatable bonds is 5. The van der Waals surface area contributed by atoms with Gasteiger partial charge in [-0.3, -0.25) is 14.7 Å². The highest BCUT2D eigenvalue weighted by molar-refractivity contribution is 6.09. The van der Waals surface area contributed by atoms with Crippen LogP contribution >= 0.6 is 0 Å². The van der Waals surface area contributed by atoms with E-state index in [9.17, 15) is 4.79 Å². The summed E-state index contributed by atoms with van der Waals surface area (Å²) in [5, 5.41) is 2.26. The molecule has 2 aliphatic rings. The number of primary amides is 1. The molecular weight excluding hydrogens is 380 g/mol. The lowest BCUT2D eigenvalue weighted by Crippen LogP contribution is -2.50. The molecule has 0 spiro atoms. The second-order valence-corrected chi connectivity index (χ2v) is 8.48. The lowest BCUT2D eigenvalue weighted by Gasteiger charge is -2.40. The van der Waals surface area contributed by atoms with E-state index < -0.39 is 0 Å². The van der Waals surface area contributed by atoms with E-state index in [1.54, 1.807) is 7.11 Å². The Balaban J connectivity index is 1.36. The largest absolute Gasteiger partial charge is 0.384 e. The minimum absolute atomic E-state index is 0.172. The lowest BCUT2D eigenvalue weighted by molar-refractivity contribution is -0.123. The minimum Gasteiger partial charge on any atom is -0.384 e. The van der Waals surface area contributed by atoms with Gasteiger partial charge in [-0.05, 0) is 37.3 Å². The van der Waals surface area contributed by atoms with E-state index >= 15 is 0 Å². The Morgan fingerprint density at radius 2 is 2.13 bits per heavy atom. The van der Waals surface area contributed by atoms with Gasteiger partial charge in [0.15, 0.2) is 0 Å². The molecule has 2 aliphatic heterocycles. The summed E-state index contributed by atoms with van der Waals surface area (Å²) >= 11 is 0. The molecule has 8 nitrogen and oxygen atoms in total. The van der Waals surface area contributed by atoms with Gasteiger partial charge in [0.25, 0.3) is 0 Å². The predicted octanol–water partition coefficient (Wildman–Crippen LogP) is 1.90. The summed E-state index contributed by atoms with van der Waals surface area (Å²) in [7, 11) is 1.72. The fourth-order valence-electron chi connectivity index (χ4n) is 5.33. The number of nitrogens with one attached hydrogen (secondary N) is 1.